The zero-order valence-corrected chi connectivity index (χ0v) is 10.3. The Hall–Kier alpha value is -0.830. The summed E-state index contributed by atoms with van der Waals surface area (Å²) in [6.07, 6.45) is 6.37. The maximum absolute atomic E-state index is 4.33. The Kier molecular flexibility index (Phi) is 4.82. The number of aryl methyl sites for hydroxylation is 1. The van der Waals surface area contributed by atoms with Gasteiger partial charge < -0.3 is 9.88 Å². The van der Waals surface area contributed by atoms with E-state index in [0.717, 1.165) is 18.3 Å². The van der Waals surface area contributed by atoms with Gasteiger partial charge in [0.05, 0.1) is 6.04 Å². The molecule has 1 heterocycles. The minimum Gasteiger partial charge on any atom is -0.337 e. The van der Waals surface area contributed by atoms with Crippen molar-refractivity contribution in [2.24, 2.45) is 13.0 Å². The Bertz CT molecular complexity index is 278. The molecule has 0 aliphatic heterocycles. The number of imidazole rings is 1. The van der Waals surface area contributed by atoms with Crippen LogP contribution in [0.5, 0.6) is 0 Å². The fraction of sp³-hybridized carbons (Fsp3) is 0.750. The molecule has 0 radical (unpaired) electrons. The third kappa shape index (κ3) is 4.04. The monoisotopic (exact) mass is 209 g/mol. The predicted octanol–water partition coefficient (Wildman–Crippen LogP) is 2.51. The van der Waals surface area contributed by atoms with Crippen LogP contribution in [0.25, 0.3) is 0 Å². The molecular formula is C12H23N3. The molecule has 3 nitrogen and oxygen atoms in total. The molecule has 1 N–H and O–H groups in total. The van der Waals surface area contributed by atoms with Gasteiger partial charge in [0.2, 0.25) is 0 Å². The highest BCUT2D eigenvalue weighted by Gasteiger charge is 2.08. The van der Waals surface area contributed by atoms with Crippen molar-refractivity contribution in [2.75, 3.05) is 6.54 Å². The van der Waals surface area contributed by atoms with Crippen LogP contribution >= 0.6 is 0 Å². The third-order valence-electron chi connectivity index (χ3n) is 2.65. The lowest BCUT2D eigenvalue weighted by molar-refractivity contribution is 0.481. The first-order chi connectivity index (χ1) is 7.11. The van der Waals surface area contributed by atoms with Gasteiger partial charge in [-0.25, -0.2) is 4.98 Å². The number of hydrogen-bond acceptors (Lipinski definition) is 2. The second kappa shape index (κ2) is 5.91. The molecule has 0 amide bonds. The van der Waals surface area contributed by atoms with E-state index in [-0.39, 0.29) is 0 Å². The summed E-state index contributed by atoms with van der Waals surface area (Å²) >= 11 is 0. The summed E-state index contributed by atoms with van der Waals surface area (Å²) in [5, 5.41) is 3.50. The first-order valence-corrected chi connectivity index (χ1v) is 5.82. The molecule has 1 rings (SSSR count). The molecule has 0 bridgehead atoms. The average Bonchev–Trinajstić information content (AvgIpc) is 2.58. The number of nitrogens with zero attached hydrogens (tertiary/aromatic N) is 2. The summed E-state index contributed by atoms with van der Waals surface area (Å²) in [6, 6.07) is 0.345. The summed E-state index contributed by atoms with van der Waals surface area (Å²) in [7, 11) is 2.04. The van der Waals surface area contributed by atoms with Crippen LogP contribution in [0.3, 0.4) is 0 Å². The molecule has 3 heteroatoms. The molecule has 0 saturated heterocycles. The van der Waals surface area contributed by atoms with Crippen LogP contribution in [0, 0.1) is 5.92 Å². The van der Waals surface area contributed by atoms with Crippen LogP contribution in [0.1, 0.15) is 45.5 Å². The molecule has 0 aromatic carbocycles. The van der Waals surface area contributed by atoms with Crippen molar-refractivity contribution in [1.82, 2.24) is 14.9 Å². The van der Waals surface area contributed by atoms with E-state index < -0.39 is 0 Å². The Morgan fingerprint density at radius 2 is 2.13 bits per heavy atom. The number of aromatic nitrogens is 2. The smallest absolute Gasteiger partial charge is 0.125 e. The van der Waals surface area contributed by atoms with Crippen molar-refractivity contribution < 1.29 is 0 Å². The molecule has 0 aliphatic carbocycles. The quantitative estimate of drug-likeness (QED) is 0.730. The van der Waals surface area contributed by atoms with Crippen LogP contribution in [0.2, 0.25) is 0 Å². The first kappa shape index (κ1) is 12.2. The molecule has 0 aliphatic rings. The Labute approximate surface area is 92.9 Å². The minimum atomic E-state index is 0.345. The molecule has 86 valence electrons. The first-order valence-electron chi connectivity index (χ1n) is 5.82. The highest BCUT2D eigenvalue weighted by atomic mass is 15.1. The van der Waals surface area contributed by atoms with Crippen molar-refractivity contribution in [3.63, 3.8) is 0 Å². The summed E-state index contributed by atoms with van der Waals surface area (Å²) in [4.78, 5) is 4.33. The summed E-state index contributed by atoms with van der Waals surface area (Å²) in [5.41, 5.74) is 0. The minimum absolute atomic E-state index is 0.345. The van der Waals surface area contributed by atoms with Crippen LogP contribution < -0.4 is 5.32 Å². The summed E-state index contributed by atoms with van der Waals surface area (Å²) in [6.45, 7) is 7.77. The lowest BCUT2D eigenvalue weighted by atomic mass is 10.1. The van der Waals surface area contributed by atoms with Crippen LogP contribution in [-0.2, 0) is 7.05 Å². The second-order valence-corrected chi connectivity index (χ2v) is 4.61. The lowest BCUT2D eigenvalue weighted by Gasteiger charge is -2.14. The van der Waals surface area contributed by atoms with Crippen LogP contribution in [0.4, 0.5) is 0 Å². The average molecular weight is 209 g/mol. The fourth-order valence-electron chi connectivity index (χ4n) is 1.71. The number of rotatable bonds is 6. The van der Waals surface area contributed by atoms with Gasteiger partial charge in [-0.05, 0) is 32.2 Å². The number of hydrogen-bond donors (Lipinski definition) is 1. The zero-order chi connectivity index (χ0) is 11.3. The van der Waals surface area contributed by atoms with E-state index in [4.69, 9.17) is 0 Å². The van der Waals surface area contributed by atoms with Gasteiger partial charge in [-0.2, -0.15) is 0 Å². The highest BCUT2D eigenvalue weighted by molar-refractivity contribution is 4.96. The molecule has 1 aromatic rings. The van der Waals surface area contributed by atoms with Crippen molar-refractivity contribution >= 4 is 0 Å². The third-order valence-corrected chi connectivity index (χ3v) is 2.65. The zero-order valence-electron chi connectivity index (χ0n) is 10.3. The summed E-state index contributed by atoms with van der Waals surface area (Å²) < 4.78 is 2.07. The maximum Gasteiger partial charge on any atom is 0.125 e. The standard InChI is InChI=1S/C12H23N3/c1-10(2)6-5-7-13-11(3)12-14-8-9-15(12)4/h8-11,13H,5-7H2,1-4H3. The highest BCUT2D eigenvalue weighted by Crippen LogP contribution is 2.09. The molecule has 1 atom stereocenters. The predicted molar refractivity (Wildman–Crippen MR) is 63.7 cm³/mol. The van der Waals surface area contributed by atoms with Gasteiger partial charge in [0.15, 0.2) is 0 Å². The topological polar surface area (TPSA) is 29.9 Å². The van der Waals surface area contributed by atoms with E-state index in [0.29, 0.717) is 6.04 Å². The second-order valence-electron chi connectivity index (χ2n) is 4.61. The van der Waals surface area contributed by atoms with Gasteiger partial charge in [-0.1, -0.05) is 13.8 Å². The van der Waals surface area contributed by atoms with Crippen LogP contribution in [0.15, 0.2) is 12.4 Å². The molecule has 15 heavy (non-hydrogen) atoms. The van der Waals surface area contributed by atoms with Crippen LogP contribution in [-0.4, -0.2) is 16.1 Å². The summed E-state index contributed by atoms with van der Waals surface area (Å²) in [5.74, 6) is 1.91. The van der Waals surface area contributed by atoms with Gasteiger partial charge in [-0.3, -0.25) is 0 Å². The molecular weight excluding hydrogens is 186 g/mol. The van der Waals surface area contributed by atoms with Gasteiger partial charge in [0.25, 0.3) is 0 Å². The van der Waals surface area contributed by atoms with E-state index in [1.54, 1.807) is 0 Å². The molecule has 0 saturated carbocycles. The maximum atomic E-state index is 4.33. The van der Waals surface area contributed by atoms with Gasteiger partial charge in [0, 0.05) is 19.4 Å². The van der Waals surface area contributed by atoms with Crippen molar-refractivity contribution in [1.29, 1.82) is 0 Å². The van der Waals surface area contributed by atoms with E-state index in [1.807, 2.05) is 19.4 Å². The lowest BCUT2D eigenvalue weighted by Crippen LogP contribution is -2.22. The molecule has 0 spiro atoms. The Morgan fingerprint density at radius 3 is 2.67 bits per heavy atom. The van der Waals surface area contributed by atoms with Crippen molar-refractivity contribution in [2.45, 2.75) is 39.7 Å². The molecule has 1 aromatic heterocycles. The van der Waals surface area contributed by atoms with Crippen molar-refractivity contribution in [3.8, 4) is 0 Å². The Morgan fingerprint density at radius 1 is 1.40 bits per heavy atom. The largest absolute Gasteiger partial charge is 0.337 e. The fourth-order valence-corrected chi connectivity index (χ4v) is 1.71. The molecule has 1 unspecified atom stereocenters. The normalized spacial score (nSPS) is 13.4. The SMILES string of the molecule is CC(C)CCCNC(C)c1nccn1C. The Balaban J connectivity index is 2.25. The number of nitrogens with one attached hydrogen (secondary N) is 1. The molecule has 0 fully saturated rings. The van der Waals surface area contributed by atoms with Gasteiger partial charge >= 0.3 is 0 Å². The van der Waals surface area contributed by atoms with Gasteiger partial charge in [-0.15, -0.1) is 0 Å². The van der Waals surface area contributed by atoms with Gasteiger partial charge in [0.1, 0.15) is 5.82 Å². The van der Waals surface area contributed by atoms with E-state index in [9.17, 15) is 0 Å². The van der Waals surface area contributed by atoms with E-state index in [2.05, 4.69) is 35.6 Å². The van der Waals surface area contributed by atoms with E-state index in [1.165, 1.54) is 12.8 Å². The van der Waals surface area contributed by atoms with Crippen molar-refractivity contribution in [3.05, 3.63) is 18.2 Å². The van der Waals surface area contributed by atoms with E-state index >= 15 is 0 Å².